The molecule has 2 aromatic rings. The third-order valence-corrected chi connectivity index (χ3v) is 4.97. The molecule has 0 aromatic heterocycles. The summed E-state index contributed by atoms with van der Waals surface area (Å²) in [6, 6.07) is 7.07. The van der Waals surface area contributed by atoms with Crippen LogP contribution < -0.4 is 9.46 Å². The highest BCUT2D eigenvalue weighted by molar-refractivity contribution is 7.89. The quantitative estimate of drug-likeness (QED) is 0.595. The van der Waals surface area contributed by atoms with E-state index in [2.05, 4.69) is 4.72 Å². The normalized spacial score (nSPS) is 12.2. The van der Waals surface area contributed by atoms with Crippen molar-refractivity contribution in [2.24, 2.45) is 0 Å². The fourth-order valence-corrected chi connectivity index (χ4v) is 3.38. The van der Waals surface area contributed by atoms with E-state index < -0.39 is 32.5 Å². The Kier molecular flexibility index (Phi) is 5.91. The molecule has 0 unspecified atom stereocenters. The van der Waals surface area contributed by atoms with Gasteiger partial charge in [0.25, 0.3) is 0 Å². The summed E-state index contributed by atoms with van der Waals surface area (Å²) < 4.78 is 82.4. The minimum Gasteiger partial charge on any atom is -0.492 e. The lowest BCUT2D eigenvalue weighted by atomic mass is 10.2. The molecule has 136 valence electrons. The van der Waals surface area contributed by atoms with E-state index in [-0.39, 0.29) is 18.2 Å². The number of benzene rings is 2. The molecule has 0 saturated heterocycles. The molecule has 0 aliphatic carbocycles. The van der Waals surface area contributed by atoms with Crippen molar-refractivity contribution in [3.63, 3.8) is 0 Å². The van der Waals surface area contributed by atoms with Crippen molar-refractivity contribution in [1.29, 1.82) is 0 Å². The minimum absolute atomic E-state index is 0.110. The Bertz CT molecular complexity index is 839. The van der Waals surface area contributed by atoms with Gasteiger partial charge in [-0.15, -0.1) is 0 Å². The highest BCUT2D eigenvalue weighted by Gasteiger charge is 2.32. The van der Waals surface area contributed by atoms with E-state index in [1.807, 2.05) is 0 Å². The zero-order valence-electron chi connectivity index (χ0n) is 12.5. The Labute approximate surface area is 146 Å². The molecule has 0 heterocycles. The van der Waals surface area contributed by atoms with Crippen molar-refractivity contribution in [2.75, 3.05) is 13.2 Å². The number of hydrogen-bond acceptors (Lipinski definition) is 3. The molecular formula is C15H12ClF4NO3S. The van der Waals surface area contributed by atoms with Gasteiger partial charge >= 0.3 is 6.18 Å². The van der Waals surface area contributed by atoms with E-state index in [1.165, 1.54) is 24.3 Å². The fourth-order valence-electron chi connectivity index (χ4n) is 1.84. The average Bonchev–Trinajstić information content (AvgIpc) is 2.52. The molecule has 4 nitrogen and oxygen atoms in total. The standard InChI is InChI=1S/C15H12ClF4NO3S/c16-13-6-1-10(15(18,19)20)9-14(13)25(22,23)21-7-8-24-12-4-2-11(17)3-5-12/h1-6,9,21H,7-8H2. The minimum atomic E-state index is -4.69. The maximum Gasteiger partial charge on any atom is 0.416 e. The van der Waals surface area contributed by atoms with Crippen molar-refractivity contribution < 1.29 is 30.7 Å². The van der Waals surface area contributed by atoms with Crippen LogP contribution in [-0.4, -0.2) is 21.6 Å². The van der Waals surface area contributed by atoms with Crippen LogP contribution in [0.2, 0.25) is 5.02 Å². The lowest BCUT2D eigenvalue weighted by Crippen LogP contribution is -2.28. The van der Waals surface area contributed by atoms with Crippen LogP contribution in [-0.2, 0) is 16.2 Å². The van der Waals surface area contributed by atoms with Crippen LogP contribution in [0.4, 0.5) is 17.6 Å². The molecule has 0 atom stereocenters. The number of alkyl halides is 3. The van der Waals surface area contributed by atoms with Gasteiger partial charge in [-0.25, -0.2) is 17.5 Å². The SMILES string of the molecule is O=S(=O)(NCCOc1ccc(F)cc1)c1cc(C(F)(F)F)ccc1Cl. The number of nitrogens with one attached hydrogen (secondary N) is 1. The van der Waals surface area contributed by atoms with Gasteiger partial charge in [-0.3, -0.25) is 0 Å². The van der Waals surface area contributed by atoms with Crippen molar-refractivity contribution >= 4 is 21.6 Å². The monoisotopic (exact) mass is 397 g/mol. The van der Waals surface area contributed by atoms with Gasteiger partial charge in [0.2, 0.25) is 10.0 Å². The number of sulfonamides is 1. The van der Waals surface area contributed by atoms with E-state index in [0.29, 0.717) is 17.9 Å². The van der Waals surface area contributed by atoms with Crippen molar-refractivity contribution in [2.45, 2.75) is 11.1 Å². The number of hydrogen-bond donors (Lipinski definition) is 1. The van der Waals surface area contributed by atoms with Gasteiger partial charge in [-0.05, 0) is 42.5 Å². The van der Waals surface area contributed by atoms with Gasteiger partial charge in [0, 0.05) is 6.54 Å². The highest BCUT2D eigenvalue weighted by atomic mass is 35.5. The van der Waals surface area contributed by atoms with Crippen molar-refractivity contribution in [3.8, 4) is 5.75 Å². The van der Waals surface area contributed by atoms with Crippen LogP contribution in [0.3, 0.4) is 0 Å². The molecule has 2 rings (SSSR count). The highest BCUT2D eigenvalue weighted by Crippen LogP contribution is 2.33. The second-order valence-corrected chi connectivity index (χ2v) is 6.99. The van der Waals surface area contributed by atoms with Gasteiger partial charge in [0.1, 0.15) is 23.1 Å². The van der Waals surface area contributed by atoms with E-state index in [0.717, 1.165) is 6.07 Å². The summed E-state index contributed by atoms with van der Waals surface area (Å²) in [5.41, 5.74) is -1.13. The first-order valence-electron chi connectivity index (χ1n) is 6.84. The van der Waals surface area contributed by atoms with Gasteiger partial charge < -0.3 is 4.74 Å². The number of ether oxygens (including phenoxy) is 1. The van der Waals surface area contributed by atoms with Crippen LogP contribution in [0.15, 0.2) is 47.4 Å². The first-order valence-corrected chi connectivity index (χ1v) is 8.70. The van der Waals surface area contributed by atoms with Crippen molar-refractivity contribution in [3.05, 3.63) is 58.9 Å². The molecule has 0 amide bonds. The number of rotatable bonds is 6. The molecule has 0 saturated carbocycles. The average molecular weight is 398 g/mol. The van der Waals surface area contributed by atoms with E-state index in [9.17, 15) is 26.0 Å². The van der Waals surface area contributed by atoms with Crippen LogP contribution in [0.25, 0.3) is 0 Å². The first-order chi connectivity index (χ1) is 11.6. The maximum absolute atomic E-state index is 12.7. The Morgan fingerprint density at radius 3 is 2.32 bits per heavy atom. The van der Waals surface area contributed by atoms with Crippen LogP contribution in [0.5, 0.6) is 5.75 Å². The van der Waals surface area contributed by atoms with Gasteiger partial charge in [0.15, 0.2) is 0 Å². The molecule has 0 radical (unpaired) electrons. The third kappa shape index (κ3) is 5.32. The topological polar surface area (TPSA) is 55.4 Å². The second kappa shape index (κ2) is 7.59. The van der Waals surface area contributed by atoms with E-state index in [4.69, 9.17) is 16.3 Å². The molecule has 10 heteroatoms. The van der Waals surface area contributed by atoms with Crippen LogP contribution >= 0.6 is 11.6 Å². The van der Waals surface area contributed by atoms with Crippen LogP contribution in [0.1, 0.15) is 5.56 Å². The Morgan fingerprint density at radius 1 is 1.08 bits per heavy atom. The summed E-state index contributed by atoms with van der Waals surface area (Å²) >= 11 is 5.70. The summed E-state index contributed by atoms with van der Waals surface area (Å²) in [6.07, 6.45) is -4.69. The molecule has 0 spiro atoms. The zero-order chi connectivity index (χ0) is 18.7. The summed E-state index contributed by atoms with van der Waals surface area (Å²) in [5, 5.41) is -0.333. The second-order valence-electron chi connectivity index (χ2n) is 4.84. The maximum atomic E-state index is 12.7. The lowest BCUT2D eigenvalue weighted by molar-refractivity contribution is -0.137. The summed E-state index contributed by atoms with van der Waals surface area (Å²) in [5.74, 6) is -0.134. The molecule has 0 bridgehead atoms. The number of halogens is 5. The first kappa shape index (κ1) is 19.5. The largest absolute Gasteiger partial charge is 0.492 e. The predicted octanol–water partition coefficient (Wildman–Crippen LogP) is 3.86. The van der Waals surface area contributed by atoms with Crippen LogP contribution in [0, 0.1) is 5.82 Å². The van der Waals surface area contributed by atoms with Gasteiger partial charge in [-0.2, -0.15) is 13.2 Å². The molecule has 25 heavy (non-hydrogen) atoms. The summed E-state index contributed by atoms with van der Waals surface area (Å²) in [6.45, 7) is -0.326. The Hall–Kier alpha value is -1.84. The third-order valence-electron chi connectivity index (χ3n) is 3.02. The van der Waals surface area contributed by atoms with E-state index in [1.54, 1.807) is 0 Å². The zero-order valence-corrected chi connectivity index (χ0v) is 14.1. The Morgan fingerprint density at radius 2 is 1.72 bits per heavy atom. The molecule has 0 aliphatic heterocycles. The smallest absolute Gasteiger partial charge is 0.416 e. The molecule has 1 N–H and O–H groups in total. The summed E-state index contributed by atoms with van der Waals surface area (Å²) in [7, 11) is -4.26. The van der Waals surface area contributed by atoms with E-state index >= 15 is 0 Å². The van der Waals surface area contributed by atoms with Gasteiger partial charge in [0.05, 0.1) is 10.6 Å². The molecule has 2 aromatic carbocycles. The fraction of sp³-hybridized carbons (Fsp3) is 0.200. The molecular weight excluding hydrogens is 386 g/mol. The molecule has 0 fully saturated rings. The van der Waals surface area contributed by atoms with Crippen molar-refractivity contribution in [1.82, 2.24) is 4.72 Å². The van der Waals surface area contributed by atoms with Gasteiger partial charge in [-0.1, -0.05) is 11.6 Å². The Balaban J connectivity index is 2.03. The summed E-state index contributed by atoms with van der Waals surface area (Å²) in [4.78, 5) is -0.675. The predicted molar refractivity (Wildman–Crippen MR) is 83.5 cm³/mol. The molecule has 0 aliphatic rings. The lowest BCUT2D eigenvalue weighted by Gasteiger charge is -2.12.